The Balaban J connectivity index is 3.14. The van der Waals surface area contributed by atoms with Gasteiger partial charge in [0.1, 0.15) is 12.1 Å². The number of nitrogens with one attached hydrogen (secondary N) is 2. The summed E-state index contributed by atoms with van der Waals surface area (Å²) in [5, 5.41) is 5.30. The molecule has 0 aliphatic heterocycles. The van der Waals surface area contributed by atoms with Crippen molar-refractivity contribution in [3.8, 4) is 0 Å². The van der Waals surface area contributed by atoms with Gasteiger partial charge in [-0.2, -0.15) is 0 Å². The van der Waals surface area contributed by atoms with Gasteiger partial charge in [0, 0.05) is 0 Å². The van der Waals surface area contributed by atoms with E-state index in [1.165, 1.54) is 6.08 Å². The molecule has 0 radical (unpaired) electrons. The topological polar surface area (TPSA) is 170 Å². The van der Waals surface area contributed by atoms with Crippen molar-refractivity contribution in [2.75, 3.05) is 6.54 Å². The predicted octanol–water partition coefficient (Wildman–Crippen LogP) is 1.70. The molecule has 9 nitrogen and oxygen atoms in total. The molecule has 1 aromatic carbocycles. The summed E-state index contributed by atoms with van der Waals surface area (Å²) in [5.74, 6) is -2.37. The van der Waals surface area contributed by atoms with Crippen LogP contribution in [0.15, 0.2) is 30.3 Å². The van der Waals surface area contributed by atoms with Crippen LogP contribution in [0.5, 0.6) is 0 Å². The number of amides is 3. The van der Waals surface area contributed by atoms with Crippen molar-refractivity contribution in [3.05, 3.63) is 41.5 Å². The molecule has 0 bridgehead atoms. The van der Waals surface area contributed by atoms with Crippen molar-refractivity contribution in [1.82, 2.24) is 10.6 Å². The molecular weight excluding hydrogens is 458 g/mol. The van der Waals surface area contributed by atoms with Gasteiger partial charge < -0.3 is 27.8 Å². The van der Waals surface area contributed by atoms with Crippen LogP contribution in [0.3, 0.4) is 0 Å². The van der Waals surface area contributed by atoms with Gasteiger partial charge in [-0.25, -0.2) is 0 Å². The van der Waals surface area contributed by atoms with Gasteiger partial charge in [-0.15, -0.1) is 0 Å². The van der Waals surface area contributed by atoms with E-state index in [1.807, 2.05) is 52.0 Å². The van der Waals surface area contributed by atoms with E-state index in [0.717, 1.165) is 11.1 Å². The maximum atomic E-state index is 13.4. The van der Waals surface area contributed by atoms with Crippen molar-refractivity contribution >= 4 is 29.6 Å². The molecule has 3 atom stereocenters. The molecule has 1 aromatic rings. The zero-order chi connectivity index (χ0) is 27.3. The third kappa shape index (κ3) is 9.54. The molecule has 0 saturated heterocycles. The normalized spacial score (nSPS) is 14.8. The highest BCUT2D eigenvalue weighted by Gasteiger charge is 2.41. The average Bonchev–Trinajstić information content (AvgIpc) is 2.82. The maximum absolute atomic E-state index is 13.4. The maximum Gasteiger partial charge on any atom is 0.248 e. The first-order valence-electron chi connectivity index (χ1n) is 12.6. The Morgan fingerprint density at radius 1 is 1.06 bits per heavy atom. The summed E-state index contributed by atoms with van der Waals surface area (Å²) in [6.45, 7) is 8.00. The van der Waals surface area contributed by atoms with Gasteiger partial charge in [0.15, 0.2) is 11.3 Å². The van der Waals surface area contributed by atoms with Gasteiger partial charge in [-0.05, 0) is 68.7 Å². The Morgan fingerprint density at radius 2 is 1.72 bits per heavy atom. The minimum atomic E-state index is -1.87. The standard InChI is InChI=1S/C27H43N5O4/c1-5-10-21(25(35)31-22(24(29)34)17-18(2)3)32-26(36)27(30,15-8-9-16-28)23(33)14-13-20-12-7-6-11-19(20)4/h6-7,11-14,18,21-22H,5,8-10,15-17,28,30H2,1-4H3,(H2,29,34)(H,31,35)(H,32,36)/t21-,22-,27+/m0/s1. The van der Waals surface area contributed by atoms with Crippen molar-refractivity contribution < 1.29 is 19.2 Å². The van der Waals surface area contributed by atoms with E-state index in [-0.39, 0.29) is 12.3 Å². The third-order valence-corrected chi connectivity index (χ3v) is 6.04. The summed E-state index contributed by atoms with van der Waals surface area (Å²) >= 11 is 0. The van der Waals surface area contributed by atoms with Crippen molar-refractivity contribution in [1.29, 1.82) is 0 Å². The molecule has 0 saturated carbocycles. The first-order valence-corrected chi connectivity index (χ1v) is 12.6. The molecule has 0 aliphatic rings. The van der Waals surface area contributed by atoms with Crippen LogP contribution in [0.4, 0.5) is 0 Å². The number of nitrogens with two attached hydrogens (primary N) is 3. The molecule has 36 heavy (non-hydrogen) atoms. The lowest BCUT2D eigenvalue weighted by Crippen LogP contribution is -2.63. The number of primary amides is 1. The number of aryl methyl sites for hydroxylation is 1. The molecule has 3 amide bonds. The number of rotatable bonds is 16. The second-order valence-corrected chi connectivity index (χ2v) is 9.68. The van der Waals surface area contributed by atoms with E-state index in [4.69, 9.17) is 17.2 Å². The Hall–Kier alpha value is -3.04. The van der Waals surface area contributed by atoms with E-state index < -0.39 is 41.1 Å². The van der Waals surface area contributed by atoms with Crippen LogP contribution < -0.4 is 27.8 Å². The number of unbranched alkanes of at least 4 members (excludes halogenated alkanes) is 1. The summed E-state index contributed by atoms with van der Waals surface area (Å²) in [5.41, 5.74) is 17.4. The van der Waals surface area contributed by atoms with Gasteiger partial charge in [0.25, 0.3) is 0 Å². The summed E-state index contributed by atoms with van der Waals surface area (Å²) in [4.78, 5) is 51.4. The Labute approximate surface area is 214 Å². The van der Waals surface area contributed by atoms with Gasteiger partial charge in [-0.1, -0.05) is 57.5 Å². The molecule has 0 aliphatic carbocycles. The van der Waals surface area contributed by atoms with Crippen LogP contribution in [0.25, 0.3) is 6.08 Å². The van der Waals surface area contributed by atoms with Crippen LogP contribution in [-0.2, 0) is 19.2 Å². The molecule has 0 spiro atoms. The first kappa shape index (κ1) is 31.0. The van der Waals surface area contributed by atoms with Gasteiger partial charge in [0.05, 0.1) is 0 Å². The molecular formula is C27H43N5O4. The molecule has 8 N–H and O–H groups in total. The number of carbonyl (C=O) groups excluding carboxylic acids is 4. The zero-order valence-electron chi connectivity index (χ0n) is 22.0. The van der Waals surface area contributed by atoms with Crippen LogP contribution >= 0.6 is 0 Å². The number of benzene rings is 1. The Kier molecular flexibility index (Phi) is 13.0. The molecule has 0 fully saturated rings. The van der Waals surface area contributed by atoms with Gasteiger partial charge >= 0.3 is 0 Å². The van der Waals surface area contributed by atoms with E-state index in [0.29, 0.717) is 38.6 Å². The molecule has 0 unspecified atom stereocenters. The van der Waals surface area contributed by atoms with Crippen molar-refractivity contribution in [3.63, 3.8) is 0 Å². The van der Waals surface area contributed by atoms with E-state index in [9.17, 15) is 19.2 Å². The lowest BCUT2D eigenvalue weighted by molar-refractivity contribution is -0.137. The molecule has 200 valence electrons. The van der Waals surface area contributed by atoms with Crippen LogP contribution in [0.2, 0.25) is 0 Å². The number of hydrogen-bond donors (Lipinski definition) is 5. The van der Waals surface area contributed by atoms with Gasteiger partial charge in [-0.3, -0.25) is 19.2 Å². The molecule has 1 rings (SSSR count). The highest BCUT2D eigenvalue weighted by Crippen LogP contribution is 2.17. The summed E-state index contributed by atoms with van der Waals surface area (Å²) in [6.07, 6.45) is 5.33. The number of ketones is 1. The fourth-order valence-electron chi connectivity index (χ4n) is 3.82. The second-order valence-electron chi connectivity index (χ2n) is 9.68. The minimum Gasteiger partial charge on any atom is -0.368 e. The monoisotopic (exact) mass is 501 g/mol. The lowest BCUT2D eigenvalue weighted by Gasteiger charge is -2.29. The average molecular weight is 502 g/mol. The largest absolute Gasteiger partial charge is 0.368 e. The van der Waals surface area contributed by atoms with Crippen molar-refractivity contribution in [2.45, 2.75) is 83.8 Å². The fourth-order valence-corrected chi connectivity index (χ4v) is 3.82. The van der Waals surface area contributed by atoms with Crippen LogP contribution in [0.1, 0.15) is 70.4 Å². The molecule has 9 heteroatoms. The number of hydrogen-bond acceptors (Lipinski definition) is 6. The first-order chi connectivity index (χ1) is 17.0. The fraction of sp³-hybridized carbons (Fsp3) is 0.556. The summed E-state index contributed by atoms with van der Waals surface area (Å²) in [7, 11) is 0. The number of carbonyl (C=O) groups is 4. The SMILES string of the molecule is CCC[C@H](NC(=O)[C@@](N)(CCCCN)C(=O)C=Cc1ccccc1C)C(=O)N[C@@H](CC(C)C)C(N)=O. The van der Waals surface area contributed by atoms with Crippen molar-refractivity contribution in [2.24, 2.45) is 23.1 Å². The Bertz CT molecular complexity index is 930. The minimum absolute atomic E-state index is 0.0741. The Morgan fingerprint density at radius 3 is 2.28 bits per heavy atom. The smallest absolute Gasteiger partial charge is 0.248 e. The quantitative estimate of drug-likeness (QED) is 0.131. The van der Waals surface area contributed by atoms with E-state index >= 15 is 0 Å². The molecule has 0 heterocycles. The van der Waals surface area contributed by atoms with E-state index in [1.54, 1.807) is 6.08 Å². The molecule has 0 aromatic heterocycles. The van der Waals surface area contributed by atoms with E-state index in [2.05, 4.69) is 10.6 Å². The second kappa shape index (κ2) is 15.2. The highest BCUT2D eigenvalue weighted by atomic mass is 16.2. The predicted molar refractivity (Wildman–Crippen MR) is 142 cm³/mol. The summed E-state index contributed by atoms with van der Waals surface area (Å²) in [6, 6.07) is 5.69. The highest BCUT2D eigenvalue weighted by molar-refractivity contribution is 6.16. The van der Waals surface area contributed by atoms with Gasteiger partial charge in [0.2, 0.25) is 17.7 Å². The zero-order valence-corrected chi connectivity index (χ0v) is 22.0. The van der Waals surface area contributed by atoms with Crippen LogP contribution in [-0.4, -0.2) is 47.7 Å². The van der Waals surface area contributed by atoms with Crippen LogP contribution in [0, 0.1) is 12.8 Å². The summed E-state index contributed by atoms with van der Waals surface area (Å²) < 4.78 is 0. The lowest BCUT2D eigenvalue weighted by atomic mass is 9.86. The third-order valence-electron chi connectivity index (χ3n) is 6.04.